The average molecular weight is 320 g/mol. The van der Waals surface area contributed by atoms with Gasteiger partial charge < -0.3 is 14.6 Å². The van der Waals surface area contributed by atoms with Crippen molar-refractivity contribution in [1.82, 2.24) is 14.9 Å². The normalized spacial score (nSPS) is 18.2. The molecule has 7 nitrogen and oxygen atoms in total. The Labute approximate surface area is 131 Å². The summed E-state index contributed by atoms with van der Waals surface area (Å²) in [5.74, 6) is 0.170. The van der Waals surface area contributed by atoms with Crippen molar-refractivity contribution in [2.75, 3.05) is 18.4 Å². The maximum Gasteiger partial charge on any atom is 0.291 e. The molecule has 0 bridgehead atoms. The van der Waals surface area contributed by atoms with Crippen LogP contribution in [-0.2, 0) is 4.79 Å². The van der Waals surface area contributed by atoms with Gasteiger partial charge in [-0.1, -0.05) is 0 Å². The Morgan fingerprint density at radius 1 is 1.50 bits per heavy atom. The van der Waals surface area contributed by atoms with Crippen LogP contribution in [0.25, 0.3) is 0 Å². The smallest absolute Gasteiger partial charge is 0.291 e. The number of piperidine rings is 1. The van der Waals surface area contributed by atoms with Crippen molar-refractivity contribution >= 4 is 28.3 Å². The molecule has 22 heavy (non-hydrogen) atoms. The third-order valence-electron chi connectivity index (χ3n) is 3.57. The van der Waals surface area contributed by atoms with Crippen molar-refractivity contribution in [3.8, 4) is 0 Å². The number of likely N-dealkylation sites (tertiary alicyclic amines) is 1. The quantitative estimate of drug-likeness (QED) is 0.935. The zero-order chi connectivity index (χ0) is 15.5. The number of amides is 2. The van der Waals surface area contributed by atoms with Gasteiger partial charge in [-0.25, -0.2) is 9.97 Å². The van der Waals surface area contributed by atoms with Gasteiger partial charge in [0.15, 0.2) is 11.5 Å². The lowest BCUT2D eigenvalue weighted by Crippen LogP contribution is -2.39. The minimum Gasteiger partial charge on any atom is -0.438 e. The van der Waals surface area contributed by atoms with E-state index in [0.717, 1.165) is 18.5 Å². The number of carbonyl (C=O) groups is 2. The largest absolute Gasteiger partial charge is 0.438 e. The summed E-state index contributed by atoms with van der Waals surface area (Å²) in [6.07, 6.45) is 4.58. The molecule has 0 saturated carbocycles. The Hall–Kier alpha value is -2.22. The standard InChI is InChI=1S/C14H16N4O3S/c1-9(19)16-14-17-11(7-22-14)10-3-2-4-18(6-10)13(20)12-5-15-8-21-12/h5,7-8,10H,2-4,6H2,1H3,(H,16,17,19). The Morgan fingerprint density at radius 2 is 2.36 bits per heavy atom. The molecule has 1 aliphatic rings. The number of nitrogens with one attached hydrogen (secondary N) is 1. The zero-order valence-electron chi connectivity index (χ0n) is 12.1. The summed E-state index contributed by atoms with van der Waals surface area (Å²) in [6, 6.07) is 0. The summed E-state index contributed by atoms with van der Waals surface area (Å²) < 4.78 is 5.07. The molecule has 1 N–H and O–H groups in total. The number of nitrogens with zero attached hydrogens (tertiary/aromatic N) is 3. The van der Waals surface area contributed by atoms with E-state index < -0.39 is 0 Å². The molecule has 2 aromatic heterocycles. The van der Waals surface area contributed by atoms with Crippen LogP contribution < -0.4 is 5.32 Å². The summed E-state index contributed by atoms with van der Waals surface area (Å²) in [6.45, 7) is 2.76. The van der Waals surface area contributed by atoms with E-state index in [9.17, 15) is 9.59 Å². The van der Waals surface area contributed by atoms with Crippen LogP contribution in [0, 0.1) is 0 Å². The van der Waals surface area contributed by atoms with Gasteiger partial charge in [-0.3, -0.25) is 9.59 Å². The van der Waals surface area contributed by atoms with E-state index in [1.807, 2.05) is 5.38 Å². The van der Waals surface area contributed by atoms with E-state index in [4.69, 9.17) is 4.42 Å². The molecule has 3 rings (SSSR count). The number of hydrogen-bond acceptors (Lipinski definition) is 6. The molecule has 1 fully saturated rings. The van der Waals surface area contributed by atoms with Crippen molar-refractivity contribution in [2.45, 2.75) is 25.7 Å². The molecule has 0 spiro atoms. The molecule has 116 valence electrons. The molecule has 0 radical (unpaired) electrons. The summed E-state index contributed by atoms with van der Waals surface area (Å²) in [7, 11) is 0. The Kier molecular flexibility index (Phi) is 4.19. The van der Waals surface area contributed by atoms with Crippen LogP contribution in [0.3, 0.4) is 0 Å². The molecule has 0 aliphatic carbocycles. The van der Waals surface area contributed by atoms with Gasteiger partial charge in [0.2, 0.25) is 11.7 Å². The third kappa shape index (κ3) is 3.16. The number of anilines is 1. The maximum absolute atomic E-state index is 12.3. The average Bonchev–Trinajstić information content (AvgIpc) is 3.17. The predicted octanol–water partition coefficient (Wildman–Crippen LogP) is 2.11. The van der Waals surface area contributed by atoms with Gasteiger partial charge in [0.25, 0.3) is 5.91 Å². The van der Waals surface area contributed by atoms with Crippen LogP contribution >= 0.6 is 11.3 Å². The molecule has 1 unspecified atom stereocenters. The molecular weight excluding hydrogens is 304 g/mol. The lowest BCUT2D eigenvalue weighted by molar-refractivity contribution is -0.114. The van der Waals surface area contributed by atoms with Crippen molar-refractivity contribution in [1.29, 1.82) is 0 Å². The molecule has 2 amide bonds. The van der Waals surface area contributed by atoms with Gasteiger partial charge in [-0.05, 0) is 12.8 Å². The molecular formula is C14H16N4O3S. The first-order valence-electron chi connectivity index (χ1n) is 7.04. The Bertz CT molecular complexity index is 667. The first-order chi connectivity index (χ1) is 10.6. The first-order valence-corrected chi connectivity index (χ1v) is 7.92. The number of carbonyl (C=O) groups excluding carboxylic acids is 2. The van der Waals surface area contributed by atoms with Gasteiger partial charge >= 0.3 is 0 Å². The highest BCUT2D eigenvalue weighted by Crippen LogP contribution is 2.30. The second-order valence-electron chi connectivity index (χ2n) is 5.21. The lowest BCUT2D eigenvalue weighted by Gasteiger charge is -2.31. The Balaban J connectivity index is 1.69. The molecule has 8 heteroatoms. The molecule has 0 aromatic carbocycles. The summed E-state index contributed by atoms with van der Waals surface area (Å²) >= 11 is 1.40. The van der Waals surface area contributed by atoms with Gasteiger partial charge in [0.05, 0.1) is 11.9 Å². The topological polar surface area (TPSA) is 88.3 Å². The minimum absolute atomic E-state index is 0.133. The van der Waals surface area contributed by atoms with E-state index in [2.05, 4.69) is 15.3 Å². The van der Waals surface area contributed by atoms with Crippen LogP contribution in [-0.4, -0.2) is 39.8 Å². The van der Waals surface area contributed by atoms with Gasteiger partial charge in [-0.2, -0.15) is 0 Å². The number of hydrogen-bond donors (Lipinski definition) is 1. The molecule has 1 atom stereocenters. The highest BCUT2D eigenvalue weighted by atomic mass is 32.1. The van der Waals surface area contributed by atoms with Crippen molar-refractivity contribution in [3.63, 3.8) is 0 Å². The zero-order valence-corrected chi connectivity index (χ0v) is 12.9. The number of thiazole rings is 1. The van der Waals surface area contributed by atoms with E-state index in [-0.39, 0.29) is 23.5 Å². The highest BCUT2D eigenvalue weighted by molar-refractivity contribution is 7.13. The predicted molar refractivity (Wildman–Crippen MR) is 80.8 cm³/mol. The van der Waals surface area contributed by atoms with Crippen LogP contribution in [0.4, 0.5) is 5.13 Å². The van der Waals surface area contributed by atoms with Crippen LogP contribution in [0.5, 0.6) is 0 Å². The molecule has 1 aliphatic heterocycles. The minimum atomic E-state index is -0.139. The van der Waals surface area contributed by atoms with Crippen molar-refractivity contribution < 1.29 is 14.0 Å². The molecule has 2 aromatic rings. The van der Waals surface area contributed by atoms with Crippen molar-refractivity contribution in [2.24, 2.45) is 0 Å². The highest BCUT2D eigenvalue weighted by Gasteiger charge is 2.28. The summed E-state index contributed by atoms with van der Waals surface area (Å²) in [5, 5.41) is 5.23. The summed E-state index contributed by atoms with van der Waals surface area (Å²) in [4.78, 5) is 33.4. The third-order valence-corrected chi connectivity index (χ3v) is 4.35. The second-order valence-corrected chi connectivity index (χ2v) is 6.07. The number of oxazole rings is 1. The van der Waals surface area contributed by atoms with Gasteiger partial charge in [0.1, 0.15) is 0 Å². The van der Waals surface area contributed by atoms with Gasteiger partial charge in [0, 0.05) is 31.3 Å². The molecule has 3 heterocycles. The van der Waals surface area contributed by atoms with Crippen LogP contribution in [0.15, 0.2) is 22.4 Å². The fourth-order valence-corrected chi connectivity index (χ4v) is 3.40. The maximum atomic E-state index is 12.3. The Morgan fingerprint density at radius 3 is 3.09 bits per heavy atom. The van der Waals surface area contributed by atoms with E-state index in [1.165, 1.54) is 30.9 Å². The van der Waals surface area contributed by atoms with E-state index in [0.29, 0.717) is 18.2 Å². The fourth-order valence-electron chi connectivity index (χ4n) is 2.56. The van der Waals surface area contributed by atoms with Crippen molar-refractivity contribution in [3.05, 3.63) is 29.4 Å². The fraction of sp³-hybridized carbons (Fsp3) is 0.429. The second kappa shape index (κ2) is 6.27. The SMILES string of the molecule is CC(=O)Nc1nc(C2CCCN(C(=O)c3cnco3)C2)cs1. The molecule has 1 saturated heterocycles. The summed E-state index contributed by atoms with van der Waals surface area (Å²) in [5.41, 5.74) is 0.920. The number of aromatic nitrogens is 2. The monoisotopic (exact) mass is 320 g/mol. The van der Waals surface area contributed by atoms with Crippen LogP contribution in [0.1, 0.15) is 41.9 Å². The van der Waals surface area contributed by atoms with Crippen LogP contribution in [0.2, 0.25) is 0 Å². The van der Waals surface area contributed by atoms with Gasteiger partial charge in [-0.15, -0.1) is 11.3 Å². The number of rotatable bonds is 3. The first kappa shape index (κ1) is 14.7. The van der Waals surface area contributed by atoms with E-state index in [1.54, 1.807) is 4.90 Å². The lowest BCUT2D eigenvalue weighted by atomic mass is 9.95. The van der Waals surface area contributed by atoms with E-state index >= 15 is 0 Å².